The average Bonchev–Trinajstić information content (AvgIpc) is 3.32. The number of amides is 2. The van der Waals surface area contributed by atoms with Crippen molar-refractivity contribution in [1.29, 1.82) is 0 Å². The maximum absolute atomic E-state index is 13.8. The van der Waals surface area contributed by atoms with Gasteiger partial charge in [0.15, 0.2) is 0 Å². The van der Waals surface area contributed by atoms with Crippen LogP contribution in [0.3, 0.4) is 0 Å². The average molecular weight is 544 g/mol. The highest BCUT2D eigenvalue weighted by molar-refractivity contribution is 6.12. The number of hydrogen-bond donors (Lipinski definition) is 1. The van der Waals surface area contributed by atoms with Gasteiger partial charge in [-0.1, -0.05) is 12.1 Å². The number of nitrogens with zero attached hydrogens (tertiary/aromatic N) is 2. The zero-order chi connectivity index (χ0) is 28.6. The van der Waals surface area contributed by atoms with Gasteiger partial charge in [-0.2, -0.15) is 0 Å². The lowest BCUT2D eigenvalue weighted by Crippen LogP contribution is -2.56. The monoisotopic (exact) mass is 543 g/mol. The number of hydrogen-bond acceptors (Lipinski definition) is 5. The first-order chi connectivity index (χ1) is 19.2. The summed E-state index contributed by atoms with van der Waals surface area (Å²) in [5.74, 6) is -0.366. The molecule has 1 unspecified atom stereocenters. The molecule has 0 bridgehead atoms. The van der Waals surface area contributed by atoms with E-state index < -0.39 is 0 Å². The normalized spacial score (nSPS) is 15.9. The van der Waals surface area contributed by atoms with Gasteiger partial charge in [-0.25, -0.2) is 9.40 Å². The Labute approximate surface area is 233 Å². The van der Waals surface area contributed by atoms with E-state index in [9.17, 15) is 14.0 Å². The number of fused-ring (bicyclic) bond motifs is 1. The summed E-state index contributed by atoms with van der Waals surface area (Å²) in [6, 6.07) is 17.2. The number of aryl methyl sites for hydroxylation is 1. The van der Waals surface area contributed by atoms with E-state index in [4.69, 9.17) is 9.15 Å². The molecule has 8 heteroatoms. The van der Waals surface area contributed by atoms with Gasteiger partial charge in [-0.15, -0.1) is 0 Å². The smallest absolute Gasteiger partial charge is 0.268 e. The van der Waals surface area contributed by atoms with Crippen LogP contribution < -0.4 is 5.32 Å². The third kappa shape index (κ3) is 5.24. The Morgan fingerprint density at radius 3 is 2.45 bits per heavy atom. The summed E-state index contributed by atoms with van der Waals surface area (Å²) in [6.45, 7) is 9.92. The van der Waals surface area contributed by atoms with Gasteiger partial charge in [0, 0.05) is 42.7 Å². The molecular weight excluding hydrogens is 509 g/mol. The van der Waals surface area contributed by atoms with Crippen molar-refractivity contribution in [2.75, 3.05) is 26.7 Å². The molecule has 5 rings (SSSR count). The zero-order valence-electron chi connectivity index (χ0n) is 23.5. The van der Waals surface area contributed by atoms with Crippen LogP contribution in [0.2, 0.25) is 0 Å². The van der Waals surface area contributed by atoms with Crippen LogP contribution in [0, 0.1) is 12.7 Å². The molecule has 2 amide bonds. The van der Waals surface area contributed by atoms with Gasteiger partial charge in [0.25, 0.3) is 11.8 Å². The Morgan fingerprint density at radius 2 is 1.77 bits per heavy atom. The second-order valence-electron chi connectivity index (χ2n) is 10.5. The zero-order valence-corrected chi connectivity index (χ0v) is 23.5. The largest absolute Gasteiger partial charge is 0.455 e. The number of benzene rings is 3. The fourth-order valence-corrected chi connectivity index (χ4v) is 5.30. The van der Waals surface area contributed by atoms with Gasteiger partial charge >= 0.3 is 0 Å². The number of carbonyl (C=O) groups excluding carboxylic acids is 2. The summed E-state index contributed by atoms with van der Waals surface area (Å²) in [5, 5.41) is 7.23. The van der Waals surface area contributed by atoms with E-state index >= 15 is 0 Å². The molecular formula is C32H34FN3O4. The summed E-state index contributed by atoms with van der Waals surface area (Å²) in [4.78, 5) is 26.8. The number of furan rings is 1. The van der Waals surface area contributed by atoms with E-state index in [0.29, 0.717) is 53.1 Å². The summed E-state index contributed by atoms with van der Waals surface area (Å²) in [7, 11) is 1.56. The Hall–Kier alpha value is -4.01. The first-order valence-corrected chi connectivity index (χ1v) is 13.5. The standard InChI is InChI=1S/C32H34FN3O4/c1-19(2)36(35-14-15-39-21(4)18-35)32(38)24-7-6-20(3)26(17-24)23-10-13-28-27(16-23)29(31(37)34-5)30(40-28)22-8-11-25(33)12-9-22/h6-13,16-17,19,21H,14-15,18H2,1-5H3,(H,34,37). The number of hydrazine groups is 1. The molecule has 1 atom stereocenters. The van der Waals surface area contributed by atoms with Crippen LogP contribution in [-0.2, 0) is 4.74 Å². The molecule has 4 aromatic rings. The summed E-state index contributed by atoms with van der Waals surface area (Å²) < 4.78 is 25.4. The van der Waals surface area contributed by atoms with E-state index in [2.05, 4.69) is 10.3 Å². The van der Waals surface area contributed by atoms with E-state index in [1.54, 1.807) is 19.2 Å². The number of morpholine rings is 1. The Kier molecular flexibility index (Phi) is 7.74. The molecule has 40 heavy (non-hydrogen) atoms. The molecule has 1 aliphatic rings. The maximum atomic E-state index is 13.8. The predicted molar refractivity (Wildman–Crippen MR) is 153 cm³/mol. The molecule has 0 spiro atoms. The maximum Gasteiger partial charge on any atom is 0.268 e. The lowest BCUT2D eigenvalue weighted by Gasteiger charge is -2.41. The molecule has 0 radical (unpaired) electrons. The van der Waals surface area contributed by atoms with Crippen molar-refractivity contribution in [3.05, 3.63) is 83.2 Å². The van der Waals surface area contributed by atoms with Crippen molar-refractivity contribution >= 4 is 22.8 Å². The first kappa shape index (κ1) is 27.6. The highest BCUT2D eigenvalue weighted by atomic mass is 19.1. The van der Waals surface area contributed by atoms with Gasteiger partial charge < -0.3 is 14.5 Å². The highest BCUT2D eigenvalue weighted by Gasteiger charge is 2.29. The van der Waals surface area contributed by atoms with Crippen molar-refractivity contribution in [2.24, 2.45) is 0 Å². The van der Waals surface area contributed by atoms with Crippen molar-refractivity contribution in [3.63, 3.8) is 0 Å². The summed E-state index contributed by atoms with van der Waals surface area (Å²) in [5.41, 5.74) is 4.84. The number of carbonyl (C=O) groups is 2. The van der Waals surface area contributed by atoms with Gasteiger partial charge in [0.1, 0.15) is 17.2 Å². The Morgan fingerprint density at radius 1 is 1.05 bits per heavy atom. The topological polar surface area (TPSA) is 75.0 Å². The van der Waals surface area contributed by atoms with Gasteiger partial charge in [0.2, 0.25) is 0 Å². The minimum Gasteiger partial charge on any atom is -0.455 e. The molecule has 0 saturated carbocycles. The van der Waals surface area contributed by atoms with E-state index in [0.717, 1.165) is 16.7 Å². The minimum absolute atomic E-state index is 0.0233. The van der Waals surface area contributed by atoms with Crippen LogP contribution in [-0.4, -0.2) is 60.7 Å². The second-order valence-corrected chi connectivity index (χ2v) is 10.5. The number of ether oxygens (including phenoxy) is 1. The van der Waals surface area contributed by atoms with Crippen LogP contribution in [0.5, 0.6) is 0 Å². The van der Waals surface area contributed by atoms with Crippen LogP contribution in [0.1, 0.15) is 47.1 Å². The van der Waals surface area contributed by atoms with Crippen molar-refractivity contribution in [3.8, 4) is 22.5 Å². The van der Waals surface area contributed by atoms with Crippen LogP contribution in [0.15, 0.2) is 65.1 Å². The van der Waals surface area contributed by atoms with E-state index in [1.165, 1.54) is 12.1 Å². The molecule has 7 nitrogen and oxygen atoms in total. The van der Waals surface area contributed by atoms with Gasteiger partial charge in [-0.05, 0) is 92.9 Å². The third-order valence-electron chi connectivity index (χ3n) is 7.27. The van der Waals surface area contributed by atoms with Gasteiger partial charge in [-0.3, -0.25) is 14.6 Å². The van der Waals surface area contributed by atoms with Crippen LogP contribution >= 0.6 is 0 Å². The SMILES string of the molecule is CNC(=O)c1c(-c2ccc(F)cc2)oc2ccc(-c3cc(C(=O)N(C(C)C)N4CCOC(C)C4)ccc3C)cc12. The van der Waals surface area contributed by atoms with E-state index in [-0.39, 0.29) is 29.8 Å². The number of rotatable bonds is 6. The van der Waals surface area contributed by atoms with Gasteiger partial charge in [0.05, 0.1) is 18.3 Å². The number of nitrogens with one attached hydrogen (secondary N) is 1. The fourth-order valence-electron chi connectivity index (χ4n) is 5.30. The predicted octanol–water partition coefficient (Wildman–Crippen LogP) is 6.06. The molecule has 0 aliphatic carbocycles. The quantitative estimate of drug-likeness (QED) is 0.320. The van der Waals surface area contributed by atoms with Crippen molar-refractivity contribution in [1.82, 2.24) is 15.3 Å². The van der Waals surface area contributed by atoms with Crippen molar-refractivity contribution < 1.29 is 23.1 Å². The minimum atomic E-state index is -0.368. The molecule has 1 N–H and O–H groups in total. The molecule has 2 heterocycles. The Balaban J connectivity index is 1.57. The first-order valence-electron chi connectivity index (χ1n) is 13.5. The Bertz CT molecular complexity index is 1560. The lowest BCUT2D eigenvalue weighted by molar-refractivity contribution is -0.109. The fraction of sp³-hybridized carbons (Fsp3) is 0.312. The molecule has 1 fully saturated rings. The highest BCUT2D eigenvalue weighted by Crippen LogP contribution is 2.37. The van der Waals surface area contributed by atoms with Crippen LogP contribution in [0.25, 0.3) is 33.4 Å². The molecule has 1 saturated heterocycles. The summed E-state index contributed by atoms with van der Waals surface area (Å²) >= 11 is 0. The molecule has 3 aromatic carbocycles. The molecule has 208 valence electrons. The molecule has 1 aliphatic heterocycles. The number of halogens is 1. The summed E-state index contributed by atoms with van der Waals surface area (Å²) in [6.07, 6.45) is 0.0485. The second kappa shape index (κ2) is 11.2. The third-order valence-corrected chi connectivity index (χ3v) is 7.27. The van der Waals surface area contributed by atoms with E-state index in [1.807, 2.05) is 69.1 Å². The van der Waals surface area contributed by atoms with Crippen molar-refractivity contribution in [2.45, 2.75) is 39.8 Å². The van der Waals surface area contributed by atoms with Crippen LogP contribution in [0.4, 0.5) is 4.39 Å². The lowest BCUT2D eigenvalue weighted by atomic mass is 9.95. The molecule has 1 aromatic heterocycles.